The average Bonchev–Trinajstić information content (AvgIpc) is 2.85. The fourth-order valence-corrected chi connectivity index (χ4v) is 6.07. The largest absolute Gasteiger partial charge is 0.276 e. The molecule has 0 unspecified atom stereocenters. The van der Waals surface area contributed by atoms with E-state index in [9.17, 15) is 28.8 Å². The van der Waals surface area contributed by atoms with Crippen LogP contribution in [0.1, 0.15) is 62.1 Å². The van der Waals surface area contributed by atoms with E-state index in [1.54, 1.807) is 0 Å². The van der Waals surface area contributed by atoms with E-state index in [0.717, 1.165) is 12.1 Å². The Kier molecular flexibility index (Phi) is 10.6. The maximum atomic E-state index is 12.9. The Morgan fingerprint density at radius 2 is 0.950 bits per heavy atom. The molecule has 0 aliphatic carbocycles. The summed E-state index contributed by atoms with van der Waals surface area (Å²) in [6, 6.07) is 4.54. The van der Waals surface area contributed by atoms with Gasteiger partial charge in [0.2, 0.25) is 0 Å². The van der Waals surface area contributed by atoms with Crippen LogP contribution in [0.25, 0.3) is 22.3 Å². The summed E-state index contributed by atoms with van der Waals surface area (Å²) in [6.07, 6.45) is 0. The van der Waals surface area contributed by atoms with Crippen molar-refractivity contribution in [1.82, 2.24) is 0 Å². The average molecular weight is 743 g/mol. The van der Waals surface area contributed by atoms with Crippen molar-refractivity contribution < 1.29 is 28.8 Å². The Morgan fingerprint density at radius 1 is 0.450 bits per heavy atom. The second-order valence-electron chi connectivity index (χ2n) is 7.47. The summed E-state index contributed by atoms with van der Waals surface area (Å²) in [4.78, 5) is 75.1. The zero-order valence-electron chi connectivity index (χ0n) is 18.5. The van der Waals surface area contributed by atoms with Crippen LogP contribution in [0.3, 0.4) is 0 Å². The summed E-state index contributed by atoms with van der Waals surface area (Å²) in [5.41, 5.74) is -5.67. The molecule has 0 bridgehead atoms. The lowest BCUT2D eigenvalue weighted by atomic mass is 9.83. The quantitative estimate of drug-likeness (QED) is 0.213. The summed E-state index contributed by atoms with van der Waals surface area (Å²) in [5.74, 6) is 0. The lowest BCUT2D eigenvalue weighted by Gasteiger charge is -2.24. The minimum absolute atomic E-state index is 0.302. The number of carbonyl (C=O) groups excluding carboxylic acids is 6. The highest BCUT2D eigenvalue weighted by atomic mass is 35.5. The third-order valence-electron chi connectivity index (χ3n) is 5.39. The molecule has 0 heterocycles. The second-order valence-corrected chi connectivity index (χ2v) is 11.1. The highest BCUT2D eigenvalue weighted by Crippen LogP contribution is 2.52. The fourth-order valence-electron chi connectivity index (χ4n) is 3.93. The van der Waals surface area contributed by atoms with Gasteiger partial charge in [-0.1, -0.05) is 58.5 Å². The van der Waals surface area contributed by atoms with E-state index in [1.807, 2.05) is 0 Å². The Balaban J connectivity index is 2.90. The predicted octanol–water partition coefficient (Wildman–Crippen LogP) is 9.91. The standard InChI is InChI=1S/C24H4Cl10O6/c25-8-4-7(20(30)36)11(22(32)38)13(16(8)26)12-10(5-2-1-3-6(19(29)35)9(5)21(31)37)17(27)18(28)15(24(34)40)14(12)23(33)39/h1-4H. The zero-order chi connectivity index (χ0) is 30.4. The molecule has 0 N–H and O–H groups in total. The van der Waals surface area contributed by atoms with Crippen molar-refractivity contribution in [2.45, 2.75) is 0 Å². The molecule has 0 fully saturated rings. The minimum atomic E-state index is -1.40. The molecule has 16 heteroatoms. The first-order valence-corrected chi connectivity index (χ1v) is 13.7. The third kappa shape index (κ3) is 5.90. The Morgan fingerprint density at radius 3 is 1.40 bits per heavy atom. The van der Waals surface area contributed by atoms with E-state index >= 15 is 0 Å². The number of hydrogen-bond donors (Lipinski definition) is 0. The van der Waals surface area contributed by atoms with E-state index in [-0.39, 0.29) is 10.6 Å². The second kappa shape index (κ2) is 12.8. The summed E-state index contributed by atoms with van der Waals surface area (Å²) < 4.78 is 0. The first-order valence-electron chi connectivity index (χ1n) is 9.94. The molecule has 206 valence electrons. The summed E-state index contributed by atoms with van der Waals surface area (Å²) in [7, 11) is 0. The molecular weight excluding hydrogens is 739 g/mol. The molecule has 0 aliphatic rings. The van der Waals surface area contributed by atoms with Crippen LogP contribution < -0.4 is 0 Å². The van der Waals surface area contributed by atoms with Crippen LogP contribution >= 0.6 is 116 Å². The molecular formula is C24H4Cl10O6. The molecule has 3 aromatic carbocycles. The van der Waals surface area contributed by atoms with Crippen LogP contribution in [-0.2, 0) is 0 Å². The summed E-state index contributed by atoms with van der Waals surface area (Å²) in [6.45, 7) is 0. The predicted molar refractivity (Wildman–Crippen MR) is 158 cm³/mol. The smallest absolute Gasteiger partial charge is 0.254 e. The Labute approximate surface area is 274 Å². The first-order chi connectivity index (χ1) is 18.5. The van der Waals surface area contributed by atoms with Crippen molar-refractivity contribution in [2.24, 2.45) is 0 Å². The summed E-state index contributed by atoms with van der Waals surface area (Å²) in [5, 5.41) is -9.75. The Hall–Kier alpha value is -1.42. The van der Waals surface area contributed by atoms with E-state index in [0.29, 0.717) is 0 Å². The van der Waals surface area contributed by atoms with Crippen molar-refractivity contribution in [2.75, 3.05) is 0 Å². The van der Waals surface area contributed by atoms with E-state index in [1.165, 1.54) is 12.1 Å². The van der Waals surface area contributed by atoms with E-state index < -0.39 is 96.6 Å². The number of carbonyl (C=O) groups is 6. The maximum Gasteiger partial charge on any atom is 0.254 e. The van der Waals surface area contributed by atoms with Gasteiger partial charge in [-0.3, -0.25) is 28.8 Å². The van der Waals surface area contributed by atoms with Crippen molar-refractivity contribution in [3.63, 3.8) is 0 Å². The van der Waals surface area contributed by atoms with Crippen molar-refractivity contribution in [3.05, 3.63) is 77.7 Å². The number of rotatable bonds is 8. The summed E-state index contributed by atoms with van der Waals surface area (Å²) >= 11 is 60.3. The van der Waals surface area contributed by atoms with Gasteiger partial charge in [0.25, 0.3) is 31.5 Å². The van der Waals surface area contributed by atoms with Gasteiger partial charge in [-0.2, -0.15) is 0 Å². The molecule has 0 saturated carbocycles. The van der Waals surface area contributed by atoms with Gasteiger partial charge in [0.05, 0.1) is 42.3 Å². The van der Waals surface area contributed by atoms with Crippen molar-refractivity contribution in [1.29, 1.82) is 0 Å². The monoisotopic (exact) mass is 738 g/mol. The van der Waals surface area contributed by atoms with Gasteiger partial charge < -0.3 is 0 Å². The lowest BCUT2D eigenvalue weighted by molar-refractivity contribution is 0.105. The molecule has 0 aliphatic heterocycles. The van der Waals surface area contributed by atoms with Crippen molar-refractivity contribution >= 4 is 147 Å². The molecule has 6 nitrogen and oxygen atoms in total. The van der Waals surface area contributed by atoms with Gasteiger partial charge in [0, 0.05) is 27.8 Å². The van der Waals surface area contributed by atoms with E-state index in [2.05, 4.69) is 0 Å². The molecule has 40 heavy (non-hydrogen) atoms. The molecule has 0 radical (unpaired) electrons. The SMILES string of the molecule is O=C(Cl)c1cccc(-c2c(Cl)c(Cl)c(C(=O)Cl)c(C(=O)Cl)c2-c2c(Cl)c(Cl)cc(C(=O)Cl)c2C(=O)Cl)c1C(=O)Cl. The van der Waals surface area contributed by atoms with Crippen LogP contribution in [0.4, 0.5) is 0 Å². The minimum Gasteiger partial charge on any atom is -0.276 e. The lowest BCUT2D eigenvalue weighted by Crippen LogP contribution is -2.13. The number of hydrogen-bond acceptors (Lipinski definition) is 6. The van der Waals surface area contributed by atoms with Crippen LogP contribution in [0, 0.1) is 0 Å². The van der Waals surface area contributed by atoms with Crippen LogP contribution in [-0.4, -0.2) is 31.5 Å². The number of halogens is 10. The molecule has 0 atom stereocenters. The highest BCUT2D eigenvalue weighted by molar-refractivity contribution is 6.75. The first kappa shape index (κ1) is 33.1. The molecule has 0 amide bonds. The molecule has 3 aromatic rings. The van der Waals surface area contributed by atoms with Gasteiger partial charge >= 0.3 is 0 Å². The van der Waals surface area contributed by atoms with Crippen LogP contribution in [0.15, 0.2) is 24.3 Å². The molecule has 3 rings (SSSR count). The topological polar surface area (TPSA) is 102 Å². The third-order valence-corrected chi connectivity index (χ3v) is 8.20. The number of benzene rings is 3. The van der Waals surface area contributed by atoms with Crippen LogP contribution in [0.5, 0.6) is 0 Å². The highest BCUT2D eigenvalue weighted by Gasteiger charge is 2.36. The molecule has 0 saturated heterocycles. The zero-order valence-corrected chi connectivity index (χ0v) is 26.1. The van der Waals surface area contributed by atoms with E-state index in [4.69, 9.17) is 116 Å². The van der Waals surface area contributed by atoms with Gasteiger partial charge in [0.15, 0.2) is 0 Å². The fraction of sp³-hybridized carbons (Fsp3) is 0. The van der Waals surface area contributed by atoms with Gasteiger partial charge in [-0.05, 0) is 87.3 Å². The van der Waals surface area contributed by atoms with Crippen molar-refractivity contribution in [3.8, 4) is 22.3 Å². The molecule has 0 spiro atoms. The van der Waals surface area contributed by atoms with Gasteiger partial charge in [-0.25, -0.2) is 0 Å². The molecule has 0 aromatic heterocycles. The van der Waals surface area contributed by atoms with Crippen LogP contribution in [0.2, 0.25) is 20.1 Å². The normalized spacial score (nSPS) is 10.8. The Bertz CT molecular complexity index is 1710. The maximum absolute atomic E-state index is 12.9. The van der Waals surface area contributed by atoms with Gasteiger partial charge in [0.1, 0.15) is 0 Å². The van der Waals surface area contributed by atoms with Gasteiger partial charge in [-0.15, -0.1) is 0 Å².